The van der Waals surface area contributed by atoms with Gasteiger partial charge in [-0.2, -0.15) is 0 Å². The number of para-hydroxylation sites is 1. The van der Waals surface area contributed by atoms with Crippen LogP contribution >= 0.6 is 0 Å². The maximum atomic E-state index is 2.42. The van der Waals surface area contributed by atoms with Crippen LogP contribution < -0.4 is 4.90 Å². The summed E-state index contributed by atoms with van der Waals surface area (Å²) in [6.45, 7) is 0. The van der Waals surface area contributed by atoms with Crippen molar-refractivity contribution in [3.8, 4) is 22.3 Å². The zero-order valence-corrected chi connectivity index (χ0v) is 22.2. The van der Waals surface area contributed by atoms with Crippen LogP contribution in [0.25, 0.3) is 33.0 Å². The first-order valence-corrected chi connectivity index (χ1v) is 13.8. The standard InChI is InChI=1S/C38H31N/c1-39(33-17-6-3-7-18-33)34-20-22-36-35(31-16-10-15-28(23-31)27-11-4-2-5-12-27)21-19-32-24-29-13-8-9-14-30(29)25-37(32)38(36)26-34/h2-18,20,22-26,35H,19,21H2,1H3. The normalized spacial score (nSPS) is 14.3. The molecular weight excluding hydrogens is 470 g/mol. The molecule has 1 aliphatic rings. The molecule has 188 valence electrons. The molecule has 0 N–H and O–H groups in total. The molecule has 0 saturated carbocycles. The zero-order chi connectivity index (χ0) is 26.2. The minimum atomic E-state index is 0.329. The highest BCUT2D eigenvalue weighted by atomic mass is 15.1. The molecule has 0 aromatic heterocycles. The van der Waals surface area contributed by atoms with E-state index in [1.54, 1.807) is 0 Å². The summed E-state index contributed by atoms with van der Waals surface area (Å²) in [4.78, 5) is 2.29. The van der Waals surface area contributed by atoms with E-state index in [0.29, 0.717) is 5.92 Å². The topological polar surface area (TPSA) is 3.24 Å². The second-order valence-electron chi connectivity index (χ2n) is 10.6. The molecule has 1 heteroatoms. The van der Waals surface area contributed by atoms with Gasteiger partial charge in [-0.15, -0.1) is 0 Å². The summed E-state index contributed by atoms with van der Waals surface area (Å²) in [7, 11) is 2.16. The van der Waals surface area contributed by atoms with Crippen molar-refractivity contribution in [2.75, 3.05) is 11.9 Å². The lowest BCUT2D eigenvalue weighted by atomic mass is 9.84. The lowest BCUT2D eigenvalue weighted by Crippen LogP contribution is -2.10. The van der Waals surface area contributed by atoms with Crippen LogP contribution in [0.4, 0.5) is 11.4 Å². The first-order valence-electron chi connectivity index (χ1n) is 13.8. The summed E-state index contributed by atoms with van der Waals surface area (Å²) in [5, 5.41) is 2.62. The summed E-state index contributed by atoms with van der Waals surface area (Å²) < 4.78 is 0. The van der Waals surface area contributed by atoms with E-state index >= 15 is 0 Å². The van der Waals surface area contributed by atoms with Crippen LogP contribution in [0.15, 0.2) is 140 Å². The summed E-state index contributed by atoms with van der Waals surface area (Å²) in [5.74, 6) is 0.329. The van der Waals surface area contributed by atoms with Gasteiger partial charge in [-0.1, -0.05) is 109 Å². The predicted molar refractivity (Wildman–Crippen MR) is 166 cm³/mol. The number of anilines is 2. The third kappa shape index (κ3) is 4.41. The van der Waals surface area contributed by atoms with Crippen LogP contribution in [0, 0.1) is 0 Å². The van der Waals surface area contributed by atoms with Gasteiger partial charge in [0.2, 0.25) is 0 Å². The van der Waals surface area contributed by atoms with E-state index < -0.39 is 0 Å². The van der Waals surface area contributed by atoms with Gasteiger partial charge < -0.3 is 4.90 Å². The van der Waals surface area contributed by atoms with Gasteiger partial charge >= 0.3 is 0 Å². The SMILES string of the molecule is CN(c1ccccc1)c1ccc2c(c1)-c1cc3ccccc3cc1CCC2c1cccc(-c2ccccc2)c1. The fraction of sp³-hybridized carbons (Fsp3) is 0.105. The molecule has 39 heavy (non-hydrogen) atoms. The molecule has 1 atom stereocenters. The quantitative estimate of drug-likeness (QED) is 0.232. The summed E-state index contributed by atoms with van der Waals surface area (Å²) >= 11 is 0. The van der Waals surface area contributed by atoms with Gasteiger partial charge in [0.25, 0.3) is 0 Å². The van der Waals surface area contributed by atoms with Crippen molar-refractivity contribution in [2.45, 2.75) is 18.8 Å². The Morgan fingerprint density at radius 2 is 1.23 bits per heavy atom. The highest BCUT2D eigenvalue weighted by Crippen LogP contribution is 2.45. The van der Waals surface area contributed by atoms with E-state index in [4.69, 9.17) is 0 Å². The van der Waals surface area contributed by atoms with Crippen molar-refractivity contribution in [1.82, 2.24) is 0 Å². The molecule has 7 rings (SSSR count). The average Bonchev–Trinajstić information content (AvgIpc) is 3.16. The van der Waals surface area contributed by atoms with E-state index in [2.05, 4.69) is 151 Å². The lowest BCUT2D eigenvalue weighted by Gasteiger charge is -2.24. The molecule has 0 spiro atoms. The smallest absolute Gasteiger partial charge is 0.0414 e. The van der Waals surface area contributed by atoms with E-state index in [9.17, 15) is 0 Å². The molecule has 6 aromatic carbocycles. The van der Waals surface area contributed by atoms with E-state index in [1.165, 1.54) is 61.1 Å². The van der Waals surface area contributed by atoms with Gasteiger partial charge in [0.15, 0.2) is 0 Å². The average molecular weight is 502 g/mol. The van der Waals surface area contributed by atoms with Crippen LogP contribution in [0.3, 0.4) is 0 Å². The molecule has 0 amide bonds. The van der Waals surface area contributed by atoms with E-state index in [1.807, 2.05) is 0 Å². The summed E-state index contributed by atoms with van der Waals surface area (Å²) in [6.07, 6.45) is 2.14. The van der Waals surface area contributed by atoms with Crippen molar-refractivity contribution in [2.24, 2.45) is 0 Å². The van der Waals surface area contributed by atoms with Crippen LogP contribution in [-0.4, -0.2) is 7.05 Å². The number of rotatable bonds is 4. The molecule has 0 saturated heterocycles. The maximum absolute atomic E-state index is 2.42. The lowest BCUT2D eigenvalue weighted by molar-refractivity contribution is 0.726. The van der Waals surface area contributed by atoms with Gasteiger partial charge in [0.05, 0.1) is 0 Å². The number of hydrogen-bond acceptors (Lipinski definition) is 1. The highest BCUT2D eigenvalue weighted by molar-refractivity contribution is 5.91. The number of fused-ring (bicyclic) bond motifs is 4. The second-order valence-corrected chi connectivity index (χ2v) is 10.6. The molecule has 0 heterocycles. The first-order chi connectivity index (χ1) is 19.2. The van der Waals surface area contributed by atoms with Crippen LogP contribution in [0.2, 0.25) is 0 Å². The monoisotopic (exact) mass is 501 g/mol. The van der Waals surface area contributed by atoms with Crippen LogP contribution in [0.5, 0.6) is 0 Å². The third-order valence-corrected chi connectivity index (χ3v) is 8.30. The number of benzene rings is 6. The molecule has 1 aliphatic carbocycles. The van der Waals surface area contributed by atoms with Crippen molar-refractivity contribution >= 4 is 22.1 Å². The molecule has 0 bridgehead atoms. The fourth-order valence-electron chi connectivity index (χ4n) is 6.20. The number of aryl methyl sites for hydroxylation is 1. The third-order valence-electron chi connectivity index (χ3n) is 8.30. The van der Waals surface area contributed by atoms with Crippen molar-refractivity contribution in [1.29, 1.82) is 0 Å². The highest BCUT2D eigenvalue weighted by Gasteiger charge is 2.25. The van der Waals surface area contributed by atoms with Crippen molar-refractivity contribution < 1.29 is 0 Å². The Hall–Kier alpha value is -4.62. The van der Waals surface area contributed by atoms with E-state index in [0.717, 1.165) is 12.8 Å². The largest absolute Gasteiger partial charge is 0.345 e. The van der Waals surface area contributed by atoms with Gasteiger partial charge in [-0.3, -0.25) is 0 Å². The van der Waals surface area contributed by atoms with Crippen LogP contribution in [-0.2, 0) is 6.42 Å². The minimum Gasteiger partial charge on any atom is -0.345 e. The molecule has 6 aromatic rings. The maximum Gasteiger partial charge on any atom is 0.0414 e. The fourth-order valence-corrected chi connectivity index (χ4v) is 6.20. The minimum absolute atomic E-state index is 0.329. The predicted octanol–water partition coefficient (Wildman–Crippen LogP) is 10.0. The van der Waals surface area contributed by atoms with Gasteiger partial charge in [-0.05, 0) is 92.9 Å². The molecule has 0 fully saturated rings. The molecule has 0 radical (unpaired) electrons. The Kier molecular flexibility index (Phi) is 5.98. The second kappa shape index (κ2) is 9.93. The Morgan fingerprint density at radius 3 is 2.03 bits per heavy atom. The van der Waals surface area contributed by atoms with Crippen molar-refractivity contribution in [3.05, 3.63) is 156 Å². The Balaban J connectivity index is 1.40. The molecule has 1 nitrogen and oxygen atoms in total. The van der Waals surface area contributed by atoms with Gasteiger partial charge in [-0.25, -0.2) is 0 Å². The summed E-state index contributed by atoms with van der Waals surface area (Å²) in [5.41, 5.74) is 11.9. The van der Waals surface area contributed by atoms with Gasteiger partial charge in [0, 0.05) is 24.3 Å². The van der Waals surface area contributed by atoms with Crippen LogP contribution in [0.1, 0.15) is 29.0 Å². The number of nitrogens with zero attached hydrogens (tertiary/aromatic N) is 1. The Labute approximate surface area is 231 Å². The Morgan fingerprint density at radius 1 is 0.538 bits per heavy atom. The zero-order valence-electron chi connectivity index (χ0n) is 22.2. The Bertz CT molecular complexity index is 1770. The molecule has 1 unspecified atom stereocenters. The van der Waals surface area contributed by atoms with E-state index in [-0.39, 0.29) is 0 Å². The molecule has 0 aliphatic heterocycles. The first kappa shape index (κ1) is 23.5. The van der Waals surface area contributed by atoms with Crippen molar-refractivity contribution in [3.63, 3.8) is 0 Å². The number of hydrogen-bond donors (Lipinski definition) is 0. The van der Waals surface area contributed by atoms with Gasteiger partial charge in [0.1, 0.15) is 0 Å². The molecular formula is C38H31N. The summed E-state index contributed by atoms with van der Waals surface area (Å²) in [6, 6.07) is 51.2.